The predicted molar refractivity (Wildman–Crippen MR) is 72.6 cm³/mol. The summed E-state index contributed by atoms with van der Waals surface area (Å²) in [6, 6.07) is 2.80. The Morgan fingerprint density at radius 2 is 2.21 bits per heavy atom. The second-order valence-electron chi connectivity index (χ2n) is 4.34. The van der Waals surface area contributed by atoms with Crippen LogP contribution in [0, 0.1) is 12.7 Å². The van der Waals surface area contributed by atoms with Crippen molar-refractivity contribution in [2.75, 3.05) is 18.2 Å². The molecule has 0 aliphatic rings. The molecule has 0 radical (unpaired) electrons. The van der Waals surface area contributed by atoms with Gasteiger partial charge in [0.25, 0.3) is 0 Å². The van der Waals surface area contributed by atoms with Crippen LogP contribution in [0.25, 0.3) is 0 Å². The van der Waals surface area contributed by atoms with Crippen molar-refractivity contribution in [1.29, 1.82) is 0 Å². The highest BCUT2D eigenvalue weighted by molar-refractivity contribution is 5.68. The van der Waals surface area contributed by atoms with Gasteiger partial charge in [-0.1, -0.05) is 0 Å². The first-order valence-corrected chi connectivity index (χ1v) is 5.87. The Labute approximate surface area is 111 Å². The number of aromatic nitrogens is 2. The Morgan fingerprint density at radius 3 is 2.79 bits per heavy atom. The summed E-state index contributed by atoms with van der Waals surface area (Å²) >= 11 is 0. The minimum atomic E-state index is -0.469. The second-order valence-corrected chi connectivity index (χ2v) is 4.34. The number of nitrogens with zero attached hydrogens (tertiary/aromatic N) is 2. The molecule has 2 aromatic rings. The average molecular weight is 264 g/mol. The molecule has 1 heterocycles. The van der Waals surface area contributed by atoms with Crippen LogP contribution in [0.5, 0.6) is 5.75 Å². The first-order valence-electron chi connectivity index (χ1n) is 5.87. The van der Waals surface area contributed by atoms with Gasteiger partial charge in [0.1, 0.15) is 0 Å². The lowest BCUT2D eigenvalue weighted by Gasteiger charge is -2.11. The van der Waals surface area contributed by atoms with E-state index >= 15 is 0 Å². The monoisotopic (exact) mass is 264 g/mol. The van der Waals surface area contributed by atoms with Gasteiger partial charge in [0.05, 0.1) is 24.2 Å². The minimum Gasteiger partial charge on any atom is -0.494 e. The number of benzene rings is 1. The van der Waals surface area contributed by atoms with Gasteiger partial charge in [0.2, 0.25) is 0 Å². The fourth-order valence-corrected chi connectivity index (χ4v) is 1.89. The molecule has 2 rings (SSSR count). The summed E-state index contributed by atoms with van der Waals surface area (Å²) in [4.78, 5) is 0. The molecule has 3 N–H and O–H groups in total. The molecule has 19 heavy (non-hydrogen) atoms. The zero-order valence-corrected chi connectivity index (χ0v) is 11.2. The maximum Gasteiger partial charge on any atom is 0.167 e. The molecule has 1 aromatic carbocycles. The van der Waals surface area contributed by atoms with Gasteiger partial charge in [-0.3, -0.25) is 4.68 Å². The molecule has 0 atom stereocenters. The molecular formula is C13H17FN4O. The molecule has 0 bridgehead atoms. The van der Waals surface area contributed by atoms with E-state index in [0.29, 0.717) is 17.9 Å². The van der Waals surface area contributed by atoms with Crippen molar-refractivity contribution in [3.8, 4) is 5.75 Å². The second kappa shape index (κ2) is 5.17. The molecule has 0 fully saturated rings. The highest BCUT2D eigenvalue weighted by atomic mass is 19.1. The van der Waals surface area contributed by atoms with Gasteiger partial charge in [-0.25, -0.2) is 4.39 Å². The van der Waals surface area contributed by atoms with Crippen LogP contribution in [-0.2, 0) is 13.6 Å². The van der Waals surface area contributed by atoms with Crippen LogP contribution >= 0.6 is 0 Å². The van der Waals surface area contributed by atoms with Crippen LogP contribution in [0.1, 0.15) is 11.3 Å². The van der Waals surface area contributed by atoms with Gasteiger partial charge < -0.3 is 15.8 Å². The topological polar surface area (TPSA) is 65.1 Å². The normalized spacial score (nSPS) is 10.5. The Bertz CT molecular complexity index is 595. The lowest BCUT2D eigenvalue weighted by molar-refractivity contribution is 0.387. The molecule has 1 aromatic heterocycles. The Kier molecular flexibility index (Phi) is 3.59. The van der Waals surface area contributed by atoms with Crippen LogP contribution < -0.4 is 15.8 Å². The van der Waals surface area contributed by atoms with Crippen molar-refractivity contribution < 1.29 is 9.13 Å². The summed E-state index contributed by atoms with van der Waals surface area (Å²) in [6.07, 6.45) is 1.93. The number of nitrogen functional groups attached to an aromatic ring is 1. The molecule has 5 nitrogen and oxygen atoms in total. The first kappa shape index (κ1) is 13.2. The van der Waals surface area contributed by atoms with Crippen LogP contribution in [0.15, 0.2) is 18.3 Å². The maximum atomic E-state index is 13.4. The summed E-state index contributed by atoms with van der Waals surface area (Å²) in [7, 11) is 3.29. The number of ether oxygens (including phenoxy) is 1. The number of halogens is 1. The fourth-order valence-electron chi connectivity index (χ4n) is 1.89. The third kappa shape index (κ3) is 2.78. The standard InChI is InChI=1S/C13H17FN4O/c1-8-9(7-18(2)17-8)6-16-12-5-13(19-3)10(14)4-11(12)15/h4-5,7,16H,6,15H2,1-3H3. The van der Waals surface area contributed by atoms with E-state index in [1.54, 1.807) is 10.7 Å². The number of anilines is 2. The molecule has 0 saturated carbocycles. The molecule has 0 amide bonds. The molecule has 102 valence electrons. The van der Waals surface area contributed by atoms with Crippen molar-refractivity contribution in [2.45, 2.75) is 13.5 Å². The van der Waals surface area contributed by atoms with E-state index in [1.807, 2.05) is 20.2 Å². The highest BCUT2D eigenvalue weighted by Crippen LogP contribution is 2.28. The number of hydrogen-bond donors (Lipinski definition) is 2. The van der Waals surface area contributed by atoms with Crippen LogP contribution in [-0.4, -0.2) is 16.9 Å². The van der Waals surface area contributed by atoms with E-state index in [1.165, 1.54) is 13.2 Å². The molecule has 0 saturated heterocycles. The molecule has 0 aliphatic heterocycles. The number of nitrogens with one attached hydrogen (secondary N) is 1. The van der Waals surface area contributed by atoms with Gasteiger partial charge >= 0.3 is 0 Å². The summed E-state index contributed by atoms with van der Waals surface area (Å²) in [5.41, 5.74) is 8.77. The third-order valence-electron chi connectivity index (χ3n) is 2.91. The highest BCUT2D eigenvalue weighted by Gasteiger charge is 2.09. The zero-order valence-electron chi connectivity index (χ0n) is 11.2. The quantitative estimate of drug-likeness (QED) is 0.830. The number of methoxy groups -OCH3 is 1. The first-order chi connectivity index (χ1) is 9.01. The number of hydrogen-bond acceptors (Lipinski definition) is 4. The van der Waals surface area contributed by atoms with Crippen molar-refractivity contribution in [1.82, 2.24) is 9.78 Å². The Hall–Kier alpha value is -2.24. The largest absolute Gasteiger partial charge is 0.494 e. The summed E-state index contributed by atoms with van der Waals surface area (Å²) < 4.78 is 20.1. The van der Waals surface area contributed by atoms with Crippen molar-refractivity contribution in [3.05, 3.63) is 35.4 Å². The van der Waals surface area contributed by atoms with Gasteiger partial charge in [0, 0.05) is 37.5 Å². The summed E-state index contributed by atoms with van der Waals surface area (Å²) in [5, 5.41) is 7.41. The zero-order chi connectivity index (χ0) is 14.0. The summed E-state index contributed by atoms with van der Waals surface area (Å²) in [6.45, 7) is 2.50. The molecule has 0 unspecified atom stereocenters. The number of aryl methyl sites for hydroxylation is 2. The van der Waals surface area contributed by atoms with E-state index in [2.05, 4.69) is 10.4 Å². The molecule has 0 spiro atoms. The van der Waals surface area contributed by atoms with E-state index in [-0.39, 0.29) is 5.75 Å². The van der Waals surface area contributed by atoms with Gasteiger partial charge in [-0.2, -0.15) is 5.10 Å². The Balaban J connectivity index is 2.17. The fraction of sp³-hybridized carbons (Fsp3) is 0.308. The molecular weight excluding hydrogens is 247 g/mol. The lowest BCUT2D eigenvalue weighted by atomic mass is 10.2. The molecule has 6 heteroatoms. The van der Waals surface area contributed by atoms with E-state index in [4.69, 9.17) is 10.5 Å². The van der Waals surface area contributed by atoms with Crippen molar-refractivity contribution in [3.63, 3.8) is 0 Å². The average Bonchev–Trinajstić information content (AvgIpc) is 2.67. The van der Waals surface area contributed by atoms with E-state index in [0.717, 1.165) is 11.3 Å². The van der Waals surface area contributed by atoms with E-state index in [9.17, 15) is 4.39 Å². The lowest BCUT2D eigenvalue weighted by Crippen LogP contribution is -2.04. The third-order valence-corrected chi connectivity index (χ3v) is 2.91. The van der Waals surface area contributed by atoms with Crippen molar-refractivity contribution >= 4 is 11.4 Å². The van der Waals surface area contributed by atoms with Crippen LogP contribution in [0.2, 0.25) is 0 Å². The maximum absolute atomic E-state index is 13.4. The SMILES string of the molecule is COc1cc(NCc2cn(C)nc2C)c(N)cc1F. The van der Waals surface area contributed by atoms with Crippen LogP contribution in [0.4, 0.5) is 15.8 Å². The van der Waals surface area contributed by atoms with Gasteiger partial charge in [-0.15, -0.1) is 0 Å². The minimum absolute atomic E-state index is 0.166. The van der Waals surface area contributed by atoms with Crippen molar-refractivity contribution in [2.24, 2.45) is 7.05 Å². The number of nitrogens with two attached hydrogens (primary N) is 1. The van der Waals surface area contributed by atoms with Crippen LogP contribution in [0.3, 0.4) is 0 Å². The number of rotatable bonds is 4. The summed E-state index contributed by atoms with van der Waals surface area (Å²) in [5.74, 6) is -0.303. The molecule has 0 aliphatic carbocycles. The Morgan fingerprint density at radius 1 is 1.47 bits per heavy atom. The van der Waals surface area contributed by atoms with Gasteiger partial charge in [0.15, 0.2) is 11.6 Å². The van der Waals surface area contributed by atoms with Gasteiger partial charge in [-0.05, 0) is 6.92 Å². The van der Waals surface area contributed by atoms with E-state index < -0.39 is 5.82 Å². The smallest absolute Gasteiger partial charge is 0.167 e. The predicted octanol–water partition coefficient (Wildman–Crippen LogP) is 2.07.